The predicted octanol–water partition coefficient (Wildman–Crippen LogP) is 4.84. The largest absolute Gasteiger partial charge is 0.338 e. The summed E-state index contributed by atoms with van der Waals surface area (Å²) in [6.07, 6.45) is 8.65. The summed E-state index contributed by atoms with van der Waals surface area (Å²) in [5, 5.41) is 0. The van der Waals surface area contributed by atoms with Crippen LogP contribution in [-0.4, -0.2) is 19.9 Å². The van der Waals surface area contributed by atoms with Crippen LogP contribution in [0.2, 0.25) is 0 Å². The molecule has 2 heterocycles. The third-order valence-electron chi connectivity index (χ3n) is 3.92. The van der Waals surface area contributed by atoms with E-state index in [1.807, 2.05) is 30.3 Å². The number of halogens is 1. The number of rotatable bonds is 4. The molecule has 2 aromatic heterocycles. The number of imidazole rings is 1. The Kier molecular flexibility index (Phi) is 4.35. The third kappa shape index (κ3) is 3.42. The minimum absolute atomic E-state index is 0.263. The minimum Gasteiger partial charge on any atom is -0.338 e. The first kappa shape index (κ1) is 15.9. The molecular weight excluding hydrogens is 327 g/mol. The third-order valence-corrected chi connectivity index (χ3v) is 3.92. The van der Waals surface area contributed by atoms with Crippen LogP contribution >= 0.6 is 0 Å². The molecule has 0 aliphatic heterocycles. The molecule has 0 bridgehead atoms. The Bertz CT molecular complexity index is 1040. The first-order chi connectivity index (χ1) is 12.8. The number of aromatic amines is 1. The molecule has 0 amide bonds. The molecule has 2 aromatic carbocycles. The lowest BCUT2D eigenvalue weighted by atomic mass is 10.2. The van der Waals surface area contributed by atoms with Crippen LogP contribution in [-0.2, 0) is 0 Å². The van der Waals surface area contributed by atoms with E-state index < -0.39 is 0 Å². The molecule has 26 heavy (non-hydrogen) atoms. The highest BCUT2D eigenvalue weighted by Gasteiger charge is 2.05. The van der Waals surface area contributed by atoms with Crippen LogP contribution in [0.15, 0.2) is 73.2 Å². The second-order valence-electron chi connectivity index (χ2n) is 5.70. The van der Waals surface area contributed by atoms with Crippen molar-refractivity contribution in [3.05, 3.63) is 90.4 Å². The average Bonchev–Trinajstić information content (AvgIpc) is 3.17. The van der Waals surface area contributed by atoms with Crippen LogP contribution in [0, 0.1) is 5.82 Å². The Morgan fingerprint density at radius 2 is 1.46 bits per heavy atom. The molecule has 0 spiro atoms. The summed E-state index contributed by atoms with van der Waals surface area (Å²) < 4.78 is 13.6. The van der Waals surface area contributed by atoms with Gasteiger partial charge in [0.1, 0.15) is 11.6 Å². The van der Waals surface area contributed by atoms with E-state index in [4.69, 9.17) is 0 Å². The highest BCUT2D eigenvalue weighted by atomic mass is 19.1. The van der Waals surface area contributed by atoms with Gasteiger partial charge in [0.2, 0.25) is 0 Å². The fourth-order valence-corrected chi connectivity index (χ4v) is 2.55. The van der Waals surface area contributed by atoms with Gasteiger partial charge in [0, 0.05) is 29.1 Å². The van der Waals surface area contributed by atoms with Gasteiger partial charge < -0.3 is 4.98 Å². The number of hydrogen-bond acceptors (Lipinski definition) is 3. The monoisotopic (exact) mass is 342 g/mol. The maximum Gasteiger partial charge on any atom is 0.159 e. The SMILES string of the molecule is Fc1ccccc1C=Cc1ncc(-c2cnc(-c3ccccc3)nc2)[nH]1. The zero-order valence-electron chi connectivity index (χ0n) is 13.8. The van der Waals surface area contributed by atoms with Crippen molar-refractivity contribution >= 4 is 12.2 Å². The molecule has 0 unspecified atom stereocenters. The Morgan fingerprint density at radius 1 is 0.731 bits per heavy atom. The molecule has 0 aliphatic rings. The van der Waals surface area contributed by atoms with E-state index >= 15 is 0 Å². The maximum atomic E-state index is 13.6. The van der Waals surface area contributed by atoms with E-state index in [0.717, 1.165) is 16.8 Å². The first-order valence-corrected chi connectivity index (χ1v) is 8.15. The van der Waals surface area contributed by atoms with Crippen molar-refractivity contribution in [2.75, 3.05) is 0 Å². The summed E-state index contributed by atoms with van der Waals surface area (Å²) in [5.74, 6) is 1.05. The highest BCUT2D eigenvalue weighted by molar-refractivity contribution is 5.69. The molecule has 126 valence electrons. The Hall–Kier alpha value is -3.60. The van der Waals surface area contributed by atoms with Gasteiger partial charge in [-0.05, 0) is 18.2 Å². The summed E-state index contributed by atoms with van der Waals surface area (Å²) in [6.45, 7) is 0. The average molecular weight is 342 g/mol. The predicted molar refractivity (Wildman–Crippen MR) is 100 cm³/mol. The van der Waals surface area contributed by atoms with Crippen molar-refractivity contribution in [3.63, 3.8) is 0 Å². The molecule has 0 radical (unpaired) electrons. The normalized spacial score (nSPS) is 11.1. The van der Waals surface area contributed by atoms with E-state index in [-0.39, 0.29) is 5.82 Å². The van der Waals surface area contributed by atoms with E-state index in [0.29, 0.717) is 17.2 Å². The van der Waals surface area contributed by atoms with Gasteiger partial charge in [-0.15, -0.1) is 0 Å². The first-order valence-electron chi connectivity index (χ1n) is 8.15. The number of nitrogens with one attached hydrogen (secondary N) is 1. The number of nitrogens with zero attached hydrogens (tertiary/aromatic N) is 3. The fraction of sp³-hybridized carbons (Fsp3) is 0. The molecule has 0 saturated carbocycles. The minimum atomic E-state index is -0.263. The lowest BCUT2D eigenvalue weighted by Crippen LogP contribution is -1.89. The summed E-state index contributed by atoms with van der Waals surface area (Å²) >= 11 is 0. The van der Waals surface area contributed by atoms with Crippen molar-refractivity contribution in [3.8, 4) is 22.6 Å². The Balaban J connectivity index is 1.54. The van der Waals surface area contributed by atoms with E-state index in [9.17, 15) is 4.39 Å². The molecule has 1 N–H and O–H groups in total. The number of aromatic nitrogens is 4. The molecule has 4 aromatic rings. The molecular formula is C21H15FN4. The van der Waals surface area contributed by atoms with Gasteiger partial charge in [-0.1, -0.05) is 48.5 Å². The fourth-order valence-electron chi connectivity index (χ4n) is 2.55. The highest BCUT2D eigenvalue weighted by Crippen LogP contribution is 2.19. The van der Waals surface area contributed by atoms with Crippen molar-refractivity contribution in [2.45, 2.75) is 0 Å². The van der Waals surface area contributed by atoms with Crippen LogP contribution in [0.4, 0.5) is 4.39 Å². The topological polar surface area (TPSA) is 54.5 Å². The van der Waals surface area contributed by atoms with Crippen LogP contribution in [0.1, 0.15) is 11.4 Å². The van der Waals surface area contributed by atoms with E-state index in [2.05, 4.69) is 19.9 Å². The molecule has 4 nitrogen and oxygen atoms in total. The molecule has 0 atom stereocenters. The van der Waals surface area contributed by atoms with Gasteiger partial charge in [0.05, 0.1) is 11.9 Å². The lowest BCUT2D eigenvalue weighted by Gasteiger charge is -2.01. The van der Waals surface area contributed by atoms with Crippen molar-refractivity contribution in [1.29, 1.82) is 0 Å². The summed E-state index contributed by atoms with van der Waals surface area (Å²) in [5.41, 5.74) is 3.12. The van der Waals surface area contributed by atoms with E-state index in [1.165, 1.54) is 6.07 Å². The number of benzene rings is 2. The zero-order chi connectivity index (χ0) is 17.8. The standard InChI is InChI=1S/C21H15FN4/c22-18-9-5-4-6-15(18)10-11-20-23-14-19(26-20)17-12-24-21(25-13-17)16-7-2-1-3-8-16/h1-14H,(H,23,26). The molecule has 4 rings (SSSR count). The van der Waals surface area contributed by atoms with Crippen LogP contribution in [0.5, 0.6) is 0 Å². The summed E-state index contributed by atoms with van der Waals surface area (Å²) in [4.78, 5) is 16.3. The number of hydrogen-bond donors (Lipinski definition) is 1. The maximum absolute atomic E-state index is 13.6. The Labute approximate surface area is 150 Å². The Morgan fingerprint density at radius 3 is 2.23 bits per heavy atom. The zero-order valence-corrected chi connectivity index (χ0v) is 13.8. The van der Waals surface area contributed by atoms with Crippen LogP contribution < -0.4 is 0 Å². The van der Waals surface area contributed by atoms with Crippen molar-refractivity contribution in [2.24, 2.45) is 0 Å². The van der Waals surface area contributed by atoms with Crippen molar-refractivity contribution < 1.29 is 4.39 Å². The van der Waals surface area contributed by atoms with Gasteiger partial charge in [-0.25, -0.2) is 19.3 Å². The van der Waals surface area contributed by atoms with Crippen molar-refractivity contribution in [1.82, 2.24) is 19.9 Å². The second kappa shape index (κ2) is 7.11. The number of H-pyrrole nitrogens is 1. The van der Waals surface area contributed by atoms with Crippen LogP contribution in [0.3, 0.4) is 0 Å². The smallest absolute Gasteiger partial charge is 0.159 e. The van der Waals surface area contributed by atoms with Crippen LogP contribution in [0.25, 0.3) is 34.8 Å². The lowest BCUT2D eigenvalue weighted by molar-refractivity contribution is 0.625. The van der Waals surface area contributed by atoms with Gasteiger partial charge in [-0.3, -0.25) is 0 Å². The molecule has 0 aliphatic carbocycles. The second-order valence-corrected chi connectivity index (χ2v) is 5.70. The quantitative estimate of drug-likeness (QED) is 0.577. The summed E-state index contributed by atoms with van der Waals surface area (Å²) in [7, 11) is 0. The van der Waals surface area contributed by atoms with Gasteiger partial charge in [-0.2, -0.15) is 0 Å². The molecule has 0 saturated heterocycles. The summed E-state index contributed by atoms with van der Waals surface area (Å²) in [6, 6.07) is 16.4. The van der Waals surface area contributed by atoms with E-state index in [1.54, 1.807) is 48.9 Å². The van der Waals surface area contributed by atoms with Gasteiger partial charge >= 0.3 is 0 Å². The molecule has 5 heteroatoms. The van der Waals surface area contributed by atoms with Gasteiger partial charge in [0.25, 0.3) is 0 Å². The molecule has 0 fully saturated rings. The van der Waals surface area contributed by atoms with Gasteiger partial charge in [0.15, 0.2) is 5.82 Å².